The molecule has 1 aromatic rings. The summed E-state index contributed by atoms with van der Waals surface area (Å²) in [5.41, 5.74) is 1.99. The van der Waals surface area contributed by atoms with Gasteiger partial charge in [-0.25, -0.2) is 4.79 Å². The molecule has 0 aliphatic carbocycles. The largest absolute Gasteiger partial charge is 0.435 e. The highest BCUT2D eigenvalue weighted by Gasteiger charge is 2.46. The lowest BCUT2D eigenvalue weighted by Crippen LogP contribution is -2.42. The number of cyclic esters (lactones) is 1. The molecule has 1 saturated heterocycles. The number of ether oxygens (including phenoxy) is 1. The average molecular weight is 303 g/mol. The van der Waals surface area contributed by atoms with Gasteiger partial charge in [-0.3, -0.25) is 9.69 Å². The molecule has 4 nitrogen and oxygen atoms in total. The first-order valence-electron chi connectivity index (χ1n) is 8.04. The number of nitrogens with zero attached hydrogens (tertiary/aromatic N) is 1. The third kappa shape index (κ3) is 3.32. The fourth-order valence-electron chi connectivity index (χ4n) is 2.79. The van der Waals surface area contributed by atoms with Crippen molar-refractivity contribution in [1.29, 1.82) is 0 Å². The van der Waals surface area contributed by atoms with Gasteiger partial charge in [0.2, 0.25) is 12.1 Å². The Hall–Kier alpha value is -1.84. The van der Waals surface area contributed by atoms with Crippen LogP contribution in [-0.4, -0.2) is 22.8 Å². The van der Waals surface area contributed by atoms with Crippen molar-refractivity contribution in [2.45, 2.75) is 59.2 Å². The van der Waals surface area contributed by atoms with Crippen molar-refractivity contribution in [2.24, 2.45) is 5.92 Å². The second-order valence-corrected chi connectivity index (χ2v) is 6.29. The van der Waals surface area contributed by atoms with Crippen LogP contribution in [0.3, 0.4) is 0 Å². The fraction of sp³-hybridized carbons (Fsp3) is 0.556. The molecule has 4 heteroatoms. The van der Waals surface area contributed by atoms with Crippen LogP contribution in [0, 0.1) is 12.8 Å². The normalized spacial score (nSPS) is 21.3. The van der Waals surface area contributed by atoms with Gasteiger partial charge in [-0.2, -0.15) is 0 Å². The first kappa shape index (κ1) is 16.5. The number of carbonyl (C=O) groups is 2. The monoisotopic (exact) mass is 303 g/mol. The number of amides is 1. The summed E-state index contributed by atoms with van der Waals surface area (Å²) in [7, 11) is 0. The lowest BCUT2D eigenvalue weighted by molar-refractivity contribution is -0.144. The lowest BCUT2D eigenvalue weighted by atomic mass is 10.0. The van der Waals surface area contributed by atoms with Crippen LogP contribution < -0.4 is 0 Å². The van der Waals surface area contributed by atoms with Gasteiger partial charge in [-0.15, -0.1) is 0 Å². The highest BCUT2D eigenvalue weighted by atomic mass is 16.6. The summed E-state index contributed by atoms with van der Waals surface area (Å²) >= 11 is 0. The second kappa shape index (κ2) is 6.95. The van der Waals surface area contributed by atoms with Crippen molar-refractivity contribution in [3.05, 3.63) is 35.4 Å². The number of benzene rings is 1. The van der Waals surface area contributed by atoms with Crippen LogP contribution in [0.2, 0.25) is 0 Å². The van der Waals surface area contributed by atoms with Crippen molar-refractivity contribution in [1.82, 2.24) is 4.90 Å². The molecule has 1 fully saturated rings. The van der Waals surface area contributed by atoms with E-state index in [1.807, 2.05) is 45.0 Å². The Kier molecular flexibility index (Phi) is 5.22. The van der Waals surface area contributed by atoms with Gasteiger partial charge in [-0.1, -0.05) is 57.0 Å². The fourth-order valence-corrected chi connectivity index (χ4v) is 2.79. The average Bonchev–Trinajstić information content (AvgIpc) is 2.83. The van der Waals surface area contributed by atoms with E-state index in [4.69, 9.17) is 4.74 Å². The van der Waals surface area contributed by atoms with Crippen LogP contribution in [0.4, 0.5) is 0 Å². The Morgan fingerprint density at radius 3 is 2.45 bits per heavy atom. The molecule has 0 bridgehead atoms. The Labute approximate surface area is 132 Å². The summed E-state index contributed by atoms with van der Waals surface area (Å²) in [4.78, 5) is 26.5. The van der Waals surface area contributed by atoms with Crippen LogP contribution in [0.25, 0.3) is 0 Å². The van der Waals surface area contributed by atoms with Crippen molar-refractivity contribution in [3.63, 3.8) is 0 Å². The van der Waals surface area contributed by atoms with E-state index in [0.717, 1.165) is 24.0 Å². The molecule has 0 spiro atoms. The molecule has 1 amide bonds. The molecule has 1 aliphatic heterocycles. The van der Waals surface area contributed by atoms with E-state index < -0.39 is 12.3 Å². The van der Waals surface area contributed by atoms with E-state index in [-0.39, 0.29) is 17.8 Å². The van der Waals surface area contributed by atoms with E-state index in [1.165, 1.54) is 0 Å². The third-order valence-corrected chi connectivity index (χ3v) is 4.05. The maximum absolute atomic E-state index is 12.6. The SMILES string of the molecule is CCCCC(=O)N1C(c2ccc(C)cc2)OC(=O)C1C(C)C. The number of hydrogen-bond donors (Lipinski definition) is 0. The van der Waals surface area contributed by atoms with Gasteiger partial charge < -0.3 is 4.74 Å². The summed E-state index contributed by atoms with van der Waals surface area (Å²) in [5.74, 6) is -0.268. The zero-order valence-corrected chi connectivity index (χ0v) is 13.8. The number of esters is 1. The summed E-state index contributed by atoms with van der Waals surface area (Å²) in [6, 6.07) is 7.31. The van der Waals surface area contributed by atoms with E-state index in [0.29, 0.717) is 6.42 Å². The van der Waals surface area contributed by atoms with Gasteiger partial charge in [0.05, 0.1) is 0 Å². The van der Waals surface area contributed by atoms with Crippen LogP contribution in [0.15, 0.2) is 24.3 Å². The number of rotatable bonds is 5. The standard InChI is InChI=1S/C18H25NO3/c1-5-6-7-15(20)19-16(12(2)3)18(21)22-17(19)14-10-8-13(4)9-11-14/h8-12,16-17H,5-7H2,1-4H3. The van der Waals surface area contributed by atoms with Crippen molar-refractivity contribution in [3.8, 4) is 0 Å². The molecule has 1 heterocycles. The third-order valence-electron chi connectivity index (χ3n) is 4.05. The molecular formula is C18H25NO3. The van der Waals surface area contributed by atoms with Crippen LogP contribution in [-0.2, 0) is 14.3 Å². The summed E-state index contributed by atoms with van der Waals surface area (Å²) < 4.78 is 5.54. The smallest absolute Gasteiger partial charge is 0.331 e. The molecular weight excluding hydrogens is 278 g/mol. The molecule has 2 unspecified atom stereocenters. The minimum absolute atomic E-state index is 0.00280. The minimum Gasteiger partial charge on any atom is -0.435 e. The molecule has 0 saturated carbocycles. The van der Waals surface area contributed by atoms with Gasteiger partial charge >= 0.3 is 5.97 Å². The van der Waals surface area contributed by atoms with Crippen LogP contribution in [0.5, 0.6) is 0 Å². The molecule has 0 N–H and O–H groups in total. The van der Waals surface area contributed by atoms with Gasteiger partial charge in [0.1, 0.15) is 6.04 Å². The predicted octanol–water partition coefficient (Wildman–Crippen LogP) is 3.59. The molecule has 1 aromatic carbocycles. The number of unbranched alkanes of at least 4 members (excludes halogenated alkanes) is 1. The van der Waals surface area contributed by atoms with E-state index >= 15 is 0 Å². The first-order valence-corrected chi connectivity index (χ1v) is 8.04. The Balaban J connectivity index is 2.32. The summed E-state index contributed by atoms with van der Waals surface area (Å²) in [6.07, 6.45) is 1.65. The van der Waals surface area contributed by atoms with E-state index in [1.54, 1.807) is 4.90 Å². The maximum Gasteiger partial charge on any atom is 0.331 e. The predicted molar refractivity (Wildman–Crippen MR) is 85.0 cm³/mol. The Morgan fingerprint density at radius 2 is 1.91 bits per heavy atom. The van der Waals surface area contributed by atoms with E-state index in [9.17, 15) is 9.59 Å². The zero-order chi connectivity index (χ0) is 16.3. The number of hydrogen-bond acceptors (Lipinski definition) is 3. The quantitative estimate of drug-likeness (QED) is 0.781. The van der Waals surface area contributed by atoms with Crippen LogP contribution in [0.1, 0.15) is 57.4 Å². The van der Waals surface area contributed by atoms with Gasteiger partial charge in [0.15, 0.2) is 0 Å². The summed E-state index contributed by atoms with van der Waals surface area (Å²) in [5, 5.41) is 0. The molecule has 1 aliphatic rings. The van der Waals surface area contributed by atoms with Crippen molar-refractivity contribution >= 4 is 11.9 Å². The van der Waals surface area contributed by atoms with Crippen LogP contribution >= 0.6 is 0 Å². The first-order chi connectivity index (χ1) is 10.5. The Bertz CT molecular complexity index is 536. The topological polar surface area (TPSA) is 46.6 Å². The summed E-state index contributed by atoms with van der Waals surface area (Å²) in [6.45, 7) is 7.95. The molecule has 0 aromatic heterocycles. The maximum atomic E-state index is 12.6. The Morgan fingerprint density at radius 1 is 1.27 bits per heavy atom. The molecule has 2 atom stereocenters. The zero-order valence-electron chi connectivity index (χ0n) is 13.8. The van der Waals surface area contributed by atoms with Crippen molar-refractivity contribution in [2.75, 3.05) is 0 Å². The van der Waals surface area contributed by atoms with Gasteiger partial charge in [0.25, 0.3) is 0 Å². The minimum atomic E-state index is -0.593. The van der Waals surface area contributed by atoms with Crippen molar-refractivity contribution < 1.29 is 14.3 Å². The van der Waals surface area contributed by atoms with Gasteiger partial charge in [0, 0.05) is 12.0 Å². The molecule has 2 rings (SSSR count). The number of carbonyl (C=O) groups excluding carboxylic acids is 2. The molecule has 120 valence electrons. The highest BCUT2D eigenvalue weighted by molar-refractivity contribution is 5.87. The highest BCUT2D eigenvalue weighted by Crippen LogP contribution is 2.35. The second-order valence-electron chi connectivity index (χ2n) is 6.29. The van der Waals surface area contributed by atoms with Gasteiger partial charge in [-0.05, 0) is 19.3 Å². The number of aryl methyl sites for hydroxylation is 1. The lowest BCUT2D eigenvalue weighted by Gasteiger charge is -2.28. The van der Waals surface area contributed by atoms with E-state index in [2.05, 4.69) is 6.92 Å². The molecule has 0 radical (unpaired) electrons. The molecule has 22 heavy (non-hydrogen) atoms.